The van der Waals surface area contributed by atoms with Crippen LogP contribution < -0.4 is 17.2 Å². The minimum absolute atomic E-state index is 0.0824. The topological polar surface area (TPSA) is 137 Å². The van der Waals surface area contributed by atoms with Gasteiger partial charge in [-0.1, -0.05) is 13.8 Å². The molecule has 8 N–H and O–H groups in total. The van der Waals surface area contributed by atoms with Gasteiger partial charge in [0.05, 0.1) is 18.2 Å². The molecule has 0 aromatic rings. The minimum atomic E-state index is -1.13. The zero-order chi connectivity index (χ0) is 15.7. The summed E-state index contributed by atoms with van der Waals surface area (Å²) in [6, 6.07) is -1.25. The Labute approximate surface area is 125 Å². The number of hydrogen-bond donors (Lipinski definition) is 5. The first-order valence-corrected chi connectivity index (χ1v) is 7.75. The van der Waals surface area contributed by atoms with E-state index in [4.69, 9.17) is 26.7 Å². The Kier molecular flexibility index (Phi) is 5.59. The van der Waals surface area contributed by atoms with Crippen molar-refractivity contribution in [1.82, 2.24) is 0 Å². The lowest BCUT2D eigenvalue weighted by Gasteiger charge is -2.44. The Balaban J connectivity index is 2.01. The summed E-state index contributed by atoms with van der Waals surface area (Å²) in [5, 5.41) is 20.0. The molecule has 2 rings (SSSR count). The van der Waals surface area contributed by atoms with Gasteiger partial charge in [-0.05, 0) is 25.2 Å². The van der Waals surface area contributed by atoms with Crippen LogP contribution in [-0.2, 0) is 9.47 Å². The molecule has 0 amide bonds. The van der Waals surface area contributed by atoms with Gasteiger partial charge < -0.3 is 36.9 Å². The van der Waals surface area contributed by atoms with Crippen LogP contribution in [0.15, 0.2) is 0 Å². The third-order valence-corrected chi connectivity index (χ3v) is 4.57. The van der Waals surface area contributed by atoms with Gasteiger partial charge in [-0.3, -0.25) is 0 Å². The Morgan fingerprint density at radius 3 is 2.29 bits per heavy atom. The van der Waals surface area contributed by atoms with Crippen LogP contribution in [-0.4, -0.2) is 59.0 Å². The molecule has 0 radical (unpaired) electrons. The van der Waals surface area contributed by atoms with E-state index in [2.05, 4.69) is 13.8 Å². The molecule has 1 saturated carbocycles. The first-order chi connectivity index (χ1) is 9.81. The van der Waals surface area contributed by atoms with Gasteiger partial charge in [0.15, 0.2) is 6.29 Å². The molecule has 8 atom stereocenters. The van der Waals surface area contributed by atoms with E-state index in [9.17, 15) is 10.2 Å². The van der Waals surface area contributed by atoms with E-state index in [1.807, 2.05) is 0 Å². The molecule has 21 heavy (non-hydrogen) atoms. The third kappa shape index (κ3) is 3.73. The van der Waals surface area contributed by atoms with Gasteiger partial charge in [0, 0.05) is 12.1 Å². The van der Waals surface area contributed by atoms with E-state index in [1.165, 1.54) is 0 Å². The highest BCUT2D eigenvalue weighted by molar-refractivity contribution is 4.98. The van der Waals surface area contributed by atoms with Crippen LogP contribution in [0, 0.1) is 5.92 Å². The molecular weight excluding hydrogens is 274 g/mol. The molecule has 2 aliphatic rings. The van der Waals surface area contributed by atoms with Crippen molar-refractivity contribution in [2.45, 2.75) is 81.9 Å². The summed E-state index contributed by atoms with van der Waals surface area (Å²) in [7, 11) is 0. The molecule has 1 aliphatic carbocycles. The van der Waals surface area contributed by atoms with Gasteiger partial charge in [0.1, 0.15) is 12.2 Å². The van der Waals surface area contributed by atoms with Crippen molar-refractivity contribution in [2.24, 2.45) is 23.1 Å². The average molecular weight is 303 g/mol. The lowest BCUT2D eigenvalue weighted by Crippen LogP contribution is -2.63. The van der Waals surface area contributed by atoms with E-state index in [0.29, 0.717) is 12.3 Å². The summed E-state index contributed by atoms with van der Waals surface area (Å²) >= 11 is 0. The predicted octanol–water partition coefficient (Wildman–Crippen LogP) is -1.36. The van der Waals surface area contributed by atoms with Gasteiger partial charge in [-0.25, -0.2) is 0 Å². The van der Waals surface area contributed by atoms with Gasteiger partial charge in [-0.2, -0.15) is 0 Å². The van der Waals surface area contributed by atoms with Crippen molar-refractivity contribution >= 4 is 0 Å². The van der Waals surface area contributed by atoms with Crippen molar-refractivity contribution in [3.63, 3.8) is 0 Å². The standard InChI is InChI=1S/C14H29N3O4/c1-6(2)10-4-3-7(15)14(20-10)21-13-9(17)5-8(16)11(18)12(13)19/h6-14,18-19H,3-5,15-17H2,1-2H3. The number of ether oxygens (including phenoxy) is 2. The van der Waals surface area contributed by atoms with E-state index in [1.54, 1.807) is 0 Å². The Morgan fingerprint density at radius 2 is 1.67 bits per heavy atom. The van der Waals surface area contributed by atoms with Crippen molar-refractivity contribution in [3.8, 4) is 0 Å². The molecule has 124 valence electrons. The average Bonchev–Trinajstić information content (AvgIpc) is 2.42. The first-order valence-electron chi connectivity index (χ1n) is 7.75. The fraction of sp³-hybridized carbons (Fsp3) is 1.00. The zero-order valence-electron chi connectivity index (χ0n) is 12.8. The van der Waals surface area contributed by atoms with Gasteiger partial charge in [0.2, 0.25) is 0 Å². The molecule has 8 unspecified atom stereocenters. The van der Waals surface area contributed by atoms with Crippen LogP contribution in [0.5, 0.6) is 0 Å². The molecule has 7 heteroatoms. The fourth-order valence-corrected chi connectivity index (χ4v) is 3.08. The van der Waals surface area contributed by atoms with Crippen LogP contribution in [0.3, 0.4) is 0 Å². The second kappa shape index (κ2) is 6.87. The van der Waals surface area contributed by atoms with Crippen LogP contribution >= 0.6 is 0 Å². The maximum atomic E-state index is 10.1. The normalized spacial score (nSPS) is 48.6. The Hall–Kier alpha value is -0.280. The van der Waals surface area contributed by atoms with Crippen LogP contribution in [0.25, 0.3) is 0 Å². The second-order valence-electron chi connectivity index (χ2n) is 6.67. The molecular formula is C14H29N3O4. The fourth-order valence-electron chi connectivity index (χ4n) is 3.08. The summed E-state index contributed by atoms with van der Waals surface area (Å²) in [6.07, 6.45) is -1.34. The lowest BCUT2D eigenvalue weighted by atomic mass is 9.84. The smallest absolute Gasteiger partial charge is 0.173 e. The maximum absolute atomic E-state index is 10.1. The lowest BCUT2D eigenvalue weighted by molar-refractivity contribution is -0.258. The van der Waals surface area contributed by atoms with E-state index >= 15 is 0 Å². The number of rotatable bonds is 3. The zero-order valence-corrected chi connectivity index (χ0v) is 12.8. The molecule has 0 aromatic heterocycles. The Morgan fingerprint density at radius 1 is 1.00 bits per heavy atom. The van der Waals surface area contributed by atoms with Gasteiger partial charge in [-0.15, -0.1) is 0 Å². The highest BCUT2D eigenvalue weighted by Gasteiger charge is 2.44. The van der Waals surface area contributed by atoms with Gasteiger partial charge >= 0.3 is 0 Å². The monoisotopic (exact) mass is 303 g/mol. The molecule has 1 heterocycles. The van der Waals surface area contributed by atoms with E-state index in [0.717, 1.165) is 12.8 Å². The van der Waals surface area contributed by atoms with E-state index in [-0.39, 0.29) is 12.1 Å². The van der Waals surface area contributed by atoms with Gasteiger partial charge in [0.25, 0.3) is 0 Å². The molecule has 2 fully saturated rings. The quantitative estimate of drug-likeness (QED) is 0.434. The maximum Gasteiger partial charge on any atom is 0.173 e. The summed E-state index contributed by atoms with van der Waals surface area (Å²) in [4.78, 5) is 0. The molecule has 1 saturated heterocycles. The van der Waals surface area contributed by atoms with Crippen LogP contribution in [0.4, 0.5) is 0 Å². The summed E-state index contributed by atoms with van der Waals surface area (Å²) < 4.78 is 11.7. The molecule has 0 aromatic carbocycles. The Bertz CT molecular complexity index is 344. The highest BCUT2D eigenvalue weighted by Crippen LogP contribution is 2.28. The number of aliphatic hydroxyl groups excluding tert-OH is 2. The second-order valence-corrected chi connectivity index (χ2v) is 6.67. The number of nitrogens with two attached hydrogens (primary N) is 3. The third-order valence-electron chi connectivity index (χ3n) is 4.57. The summed E-state index contributed by atoms with van der Waals surface area (Å²) in [6.45, 7) is 4.17. The van der Waals surface area contributed by atoms with Crippen molar-refractivity contribution in [3.05, 3.63) is 0 Å². The van der Waals surface area contributed by atoms with Crippen molar-refractivity contribution in [1.29, 1.82) is 0 Å². The number of hydrogen-bond acceptors (Lipinski definition) is 7. The molecule has 0 bridgehead atoms. The molecule has 7 nitrogen and oxygen atoms in total. The predicted molar refractivity (Wildman–Crippen MR) is 78.2 cm³/mol. The summed E-state index contributed by atoms with van der Waals surface area (Å²) in [5.41, 5.74) is 17.8. The highest BCUT2D eigenvalue weighted by atomic mass is 16.7. The summed E-state index contributed by atoms with van der Waals surface area (Å²) in [5.74, 6) is 0.368. The minimum Gasteiger partial charge on any atom is -0.389 e. The van der Waals surface area contributed by atoms with Crippen LogP contribution in [0.1, 0.15) is 33.1 Å². The molecule has 1 aliphatic heterocycles. The molecule has 0 spiro atoms. The van der Waals surface area contributed by atoms with Crippen molar-refractivity contribution < 1.29 is 19.7 Å². The number of aliphatic hydroxyl groups is 2. The SMILES string of the molecule is CC(C)C1CCC(N)C(OC2C(N)CC(N)C(O)C2O)O1. The van der Waals surface area contributed by atoms with Crippen molar-refractivity contribution in [2.75, 3.05) is 0 Å². The first kappa shape index (κ1) is 17.1. The van der Waals surface area contributed by atoms with E-state index < -0.39 is 36.7 Å². The van der Waals surface area contributed by atoms with Crippen LogP contribution in [0.2, 0.25) is 0 Å². The largest absolute Gasteiger partial charge is 0.389 e.